The molecule has 3 nitrogen and oxygen atoms in total. The largest absolute Gasteiger partial charge is 0.461 e. The normalized spacial score (nSPS) is 18.0. The highest BCUT2D eigenvalue weighted by atomic mass is 19.1. The lowest BCUT2D eigenvalue weighted by Crippen LogP contribution is -2.38. The fourth-order valence-corrected chi connectivity index (χ4v) is 3.75. The van der Waals surface area contributed by atoms with Crippen molar-refractivity contribution in [3.05, 3.63) is 72.4 Å². The van der Waals surface area contributed by atoms with Crippen LogP contribution >= 0.6 is 0 Å². The maximum atomic E-state index is 13.4. The first-order valence-corrected chi connectivity index (χ1v) is 8.96. The number of likely N-dealkylation sites (tertiary alicyclic amines) is 1. The Morgan fingerprint density at radius 2 is 1.84 bits per heavy atom. The number of anilines is 1. The van der Waals surface area contributed by atoms with E-state index < -0.39 is 0 Å². The molecule has 0 atom stereocenters. The molecule has 0 spiro atoms. The van der Waals surface area contributed by atoms with Crippen molar-refractivity contribution in [2.75, 3.05) is 31.1 Å². The summed E-state index contributed by atoms with van der Waals surface area (Å²) in [6, 6.07) is 15.2. The standard InChI is InChI=1S/C21H23FN2O/c22-19-5-3-4-18(16-19)17-8-10-23(11-9-17)12-13-24-14-15-25-21-7-2-1-6-20(21)24/h1-7,14-17H,8-13H2. The van der Waals surface area contributed by atoms with Crippen LogP contribution in [0.25, 0.3) is 0 Å². The van der Waals surface area contributed by atoms with E-state index in [2.05, 4.69) is 21.9 Å². The van der Waals surface area contributed by atoms with Crippen LogP contribution in [0.1, 0.15) is 24.3 Å². The second kappa shape index (κ2) is 7.28. The van der Waals surface area contributed by atoms with Crippen molar-refractivity contribution >= 4 is 5.69 Å². The summed E-state index contributed by atoms with van der Waals surface area (Å²) in [7, 11) is 0. The topological polar surface area (TPSA) is 15.7 Å². The Hall–Kier alpha value is -2.33. The number of benzene rings is 2. The Labute approximate surface area is 148 Å². The van der Waals surface area contributed by atoms with E-state index in [4.69, 9.17) is 4.74 Å². The van der Waals surface area contributed by atoms with Crippen LogP contribution in [0.2, 0.25) is 0 Å². The van der Waals surface area contributed by atoms with Gasteiger partial charge in [0.05, 0.1) is 5.69 Å². The van der Waals surface area contributed by atoms with Crippen LogP contribution < -0.4 is 9.64 Å². The number of rotatable bonds is 4. The highest BCUT2D eigenvalue weighted by molar-refractivity contribution is 5.62. The van der Waals surface area contributed by atoms with Gasteiger partial charge in [-0.2, -0.15) is 0 Å². The molecule has 2 aliphatic heterocycles. The molecular formula is C21H23FN2O. The monoisotopic (exact) mass is 338 g/mol. The highest BCUT2D eigenvalue weighted by Crippen LogP contribution is 2.32. The lowest BCUT2D eigenvalue weighted by molar-refractivity contribution is 0.217. The van der Waals surface area contributed by atoms with Gasteiger partial charge in [-0.25, -0.2) is 4.39 Å². The number of hydrogen-bond donors (Lipinski definition) is 0. The van der Waals surface area contributed by atoms with E-state index in [1.54, 1.807) is 12.3 Å². The second-order valence-corrected chi connectivity index (χ2v) is 6.74. The summed E-state index contributed by atoms with van der Waals surface area (Å²) >= 11 is 0. The van der Waals surface area contributed by atoms with E-state index in [1.165, 1.54) is 6.07 Å². The molecule has 130 valence electrons. The van der Waals surface area contributed by atoms with Gasteiger partial charge in [-0.3, -0.25) is 0 Å². The van der Waals surface area contributed by atoms with E-state index in [0.717, 1.165) is 56.0 Å². The van der Waals surface area contributed by atoms with E-state index >= 15 is 0 Å². The maximum absolute atomic E-state index is 13.4. The zero-order valence-corrected chi connectivity index (χ0v) is 14.3. The Balaban J connectivity index is 1.31. The van der Waals surface area contributed by atoms with Gasteiger partial charge in [0.15, 0.2) is 0 Å². The molecule has 0 radical (unpaired) electrons. The molecule has 0 unspecified atom stereocenters. The molecule has 2 aromatic carbocycles. The molecule has 4 rings (SSSR count). The first kappa shape index (κ1) is 16.2. The van der Waals surface area contributed by atoms with Gasteiger partial charge in [0.25, 0.3) is 0 Å². The minimum absolute atomic E-state index is 0.127. The fraction of sp³-hybridized carbons (Fsp3) is 0.333. The summed E-state index contributed by atoms with van der Waals surface area (Å²) < 4.78 is 19.0. The number of piperidine rings is 1. The Morgan fingerprint density at radius 3 is 2.68 bits per heavy atom. The smallest absolute Gasteiger partial charge is 0.150 e. The van der Waals surface area contributed by atoms with E-state index in [1.807, 2.05) is 30.5 Å². The van der Waals surface area contributed by atoms with Crippen molar-refractivity contribution < 1.29 is 9.13 Å². The van der Waals surface area contributed by atoms with Gasteiger partial charge in [0.2, 0.25) is 0 Å². The quantitative estimate of drug-likeness (QED) is 0.823. The molecular weight excluding hydrogens is 315 g/mol. The zero-order valence-electron chi connectivity index (χ0n) is 14.3. The summed E-state index contributed by atoms with van der Waals surface area (Å²) in [6.45, 7) is 4.10. The van der Waals surface area contributed by atoms with Crippen molar-refractivity contribution in [3.63, 3.8) is 0 Å². The van der Waals surface area contributed by atoms with Crippen LogP contribution in [0.15, 0.2) is 61.0 Å². The molecule has 0 aromatic heterocycles. The fourth-order valence-electron chi connectivity index (χ4n) is 3.75. The predicted octanol–water partition coefficient (Wildman–Crippen LogP) is 4.38. The SMILES string of the molecule is Fc1cccc(C2CCN(CCN3C=COc4ccccc43)CC2)c1. The molecule has 0 amide bonds. The average Bonchev–Trinajstić information content (AvgIpc) is 2.67. The molecule has 2 aromatic rings. The van der Waals surface area contributed by atoms with Gasteiger partial charge >= 0.3 is 0 Å². The van der Waals surface area contributed by atoms with Gasteiger partial charge in [0, 0.05) is 19.3 Å². The summed E-state index contributed by atoms with van der Waals surface area (Å²) in [5.74, 6) is 1.27. The second-order valence-electron chi connectivity index (χ2n) is 6.74. The summed E-state index contributed by atoms with van der Waals surface area (Å²) in [6.07, 6.45) is 5.94. The molecule has 25 heavy (non-hydrogen) atoms. The average molecular weight is 338 g/mol. The Bertz CT molecular complexity index is 753. The van der Waals surface area contributed by atoms with Gasteiger partial charge in [-0.15, -0.1) is 0 Å². The van der Waals surface area contributed by atoms with Crippen molar-refractivity contribution in [1.82, 2.24) is 4.90 Å². The molecule has 2 aliphatic rings. The van der Waals surface area contributed by atoms with E-state index in [-0.39, 0.29) is 5.82 Å². The lowest BCUT2D eigenvalue weighted by Gasteiger charge is -2.34. The molecule has 1 fully saturated rings. The summed E-state index contributed by atoms with van der Waals surface area (Å²) in [4.78, 5) is 4.75. The first-order valence-electron chi connectivity index (χ1n) is 8.96. The van der Waals surface area contributed by atoms with Crippen molar-refractivity contribution in [2.45, 2.75) is 18.8 Å². The van der Waals surface area contributed by atoms with Crippen molar-refractivity contribution in [3.8, 4) is 5.75 Å². The van der Waals surface area contributed by atoms with E-state index in [0.29, 0.717) is 5.92 Å². The van der Waals surface area contributed by atoms with Crippen molar-refractivity contribution in [1.29, 1.82) is 0 Å². The minimum atomic E-state index is -0.127. The molecule has 0 aliphatic carbocycles. The van der Waals surface area contributed by atoms with Gasteiger partial charge in [0.1, 0.15) is 17.8 Å². The third-order valence-electron chi connectivity index (χ3n) is 5.18. The van der Waals surface area contributed by atoms with E-state index in [9.17, 15) is 4.39 Å². The maximum Gasteiger partial charge on any atom is 0.150 e. The number of para-hydroxylation sites is 2. The van der Waals surface area contributed by atoms with Gasteiger partial charge in [-0.05, 0) is 61.7 Å². The third-order valence-corrected chi connectivity index (χ3v) is 5.18. The molecule has 0 saturated carbocycles. The molecule has 4 heteroatoms. The molecule has 1 saturated heterocycles. The molecule has 0 N–H and O–H groups in total. The minimum Gasteiger partial charge on any atom is -0.461 e. The Kier molecular flexibility index (Phi) is 4.70. The third kappa shape index (κ3) is 3.69. The van der Waals surface area contributed by atoms with Crippen molar-refractivity contribution in [2.24, 2.45) is 0 Å². The number of ether oxygens (including phenoxy) is 1. The number of halogens is 1. The number of nitrogens with zero attached hydrogens (tertiary/aromatic N) is 2. The number of hydrogen-bond acceptors (Lipinski definition) is 3. The Morgan fingerprint density at radius 1 is 1.00 bits per heavy atom. The molecule has 2 heterocycles. The summed E-state index contributed by atoms with van der Waals surface area (Å²) in [5.41, 5.74) is 2.27. The summed E-state index contributed by atoms with van der Waals surface area (Å²) in [5, 5.41) is 0. The highest BCUT2D eigenvalue weighted by Gasteiger charge is 2.22. The zero-order chi connectivity index (χ0) is 17.1. The van der Waals surface area contributed by atoms with Gasteiger partial charge < -0.3 is 14.5 Å². The van der Waals surface area contributed by atoms with Crippen LogP contribution in [0.5, 0.6) is 5.75 Å². The van der Waals surface area contributed by atoms with Crippen LogP contribution in [-0.4, -0.2) is 31.1 Å². The van der Waals surface area contributed by atoms with Crippen LogP contribution in [0.3, 0.4) is 0 Å². The van der Waals surface area contributed by atoms with Crippen LogP contribution in [0.4, 0.5) is 10.1 Å². The molecule has 0 bridgehead atoms. The van der Waals surface area contributed by atoms with Crippen LogP contribution in [0, 0.1) is 5.82 Å². The lowest BCUT2D eigenvalue weighted by atomic mass is 9.89. The van der Waals surface area contributed by atoms with Crippen LogP contribution in [-0.2, 0) is 0 Å². The first-order chi connectivity index (χ1) is 12.3. The van der Waals surface area contributed by atoms with Gasteiger partial charge in [-0.1, -0.05) is 24.3 Å². The number of fused-ring (bicyclic) bond motifs is 1. The predicted molar refractivity (Wildman–Crippen MR) is 98.4 cm³/mol.